The Bertz CT molecular complexity index is 1690. The van der Waals surface area contributed by atoms with Gasteiger partial charge in [-0.1, -0.05) is 0 Å². The molecule has 6 heterocycles. The van der Waals surface area contributed by atoms with E-state index in [4.69, 9.17) is 14.8 Å². The molecule has 3 unspecified atom stereocenters. The zero-order chi connectivity index (χ0) is 27.4. The first-order valence-electron chi connectivity index (χ1n) is 15.6. The second-order valence-corrected chi connectivity index (χ2v) is 13.4. The van der Waals surface area contributed by atoms with Crippen LogP contribution in [0.25, 0.3) is 27.9 Å². The van der Waals surface area contributed by atoms with Crippen molar-refractivity contribution in [3.05, 3.63) is 47.7 Å². The molecule has 4 atom stereocenters. The molecule has 3 saturated carbocycles. The van der Waals surface area contributed by atoms with Crippen LogP contribution in [0.3, 0.4) is 0 Å². The number of carbonyl (C=O) groups excluding carboxylic acids is 1. The van der Waals surface area contributed by atoms with Crippen molar-refractivity contribution >= 4 is 28.3 Å². The lowest BCUT2D eigenvalue weighted by Gasteiger charge is -2.52. The number of piperidine rings is 1. The van der Waals surface area contributed by atoms with Gasteiger partial charge in [0.15, 0.2) is 0 Å². The summed E-state index contributed by atoms with van der Waals surface area (Å²) in [5.41, 5.74) is 6.11. The quantitative estimate of drug-likeness (QED) is 0.332. The summed E-state index contributed by atoms with van der Waals surface area (Å²) in [4.78, 5) is 23.4. The molecule has 0 N–H and O–H groups in total. The molecule has 41 heavy (non-hydrogen) atoms. The average molecular weight is 551 g/mol. The van der Waals surface area contributed by atoms with E-state index in [1.54, 1.807) is 0 Å². The van der Waals surface area contributed by atoms with E-state index in [0.29, 0.717) is 18.1 Å². The van der Waals surface area contributed by atoms with Crippen LogP contribution in [-0.2, 0) is 11.3 Å². The van der Waals surface area contributed by atoms with E-state index in [-0.39, 0.29) is 5.91 Å². The summed E-state index contributed by atoms with van der Waals surface area (Å²) in [7, 11) is 1.82. The summed E-state index contributed by atoms with van der Waals surface area (Å²) >= 11 is 0. The first-order chi connectivity index (χ1) is 20.1. The van der Waals surface area contributed by atoms with Gasteiger partial charge in [0.1, 0.15) is 17.2 Å². The number of aryl methyl sites for hydroxylation is 1. The number of ether oxygens (including phenoxy) is 1. The standard InChI is InChI=1S/C33H38N6O2/c1-19-26-7-5-22(33(40)38-17-24-13-23-15-27(38)30(23)24)18-39(26)35-31(19)28-14-21-6-8-29(36-11-9-25(41-2)10-12-36)34-32(21)37(28)16-20-3-4-20/h5-8,14,18,20,23-25,27,30H,3-4,9-13,15-17H2,1-2H3/t23?,24?,27?,30-/m1/s1. The van der Waals surface area contributed by atoms with Crippen molar-refractivity contribution < 1.29 is 9.53 Å². The third kappa shape index (κ3) is 3.65. The molecule has 5 fully saturated rings. The van der Waals surface area contributed by atoms with Crippen molar-refractivity contribution in [1.29, 1.82) is 0 Å². The lowest BCUT2D eigenvalue weighted by Crippen LogP contribution is -2.53. The third-order valence-corrected chi connectivity index (χ3v) is 11.1. The molecule has 9 rings (SSSR count). The summed E-state index contributed by atoms with van der Waals surface area (Å²) in [5, 5.41) is 6.27. The van der Waals surface area contributed by atoms with E-state index in [0.717, 1.165) is 102 Å². The highest BCUT2D eigenvalue weighted by atomic mass is 16.5. The van der Waals surface area contributed by atoms with Gasteiger partial charge in [-0.15, -0.1) is 0 Å². The number of likely N-dealkylation sites (tertiary alicyclic amines) is 1. The molecule has 212 valence electrons. The van der Waals surface area contributed by atoms with Gasteiger partial charge in [-0.2, -0.15) is 5.10 Å². The predicted molar refractivity (Wildman–Crippen MR) is 158 cm³/mol. The Balaban J connectivity index is 1.07. The molecule has 3 aliphatic carbocycles. The number of amides is 1. The zero-order valence-electron chi connectivity index (χ0n) is 24.0. The molecule has 4 aromatic heterocycles. The Morgan fingerprint density at radius 3 is 2.66 bits per heavy atom. The maximum atomic E-state index is 13.6. The van der Waals surface area contributed by atoms with Crippen LogP contribution in [-0.4, -0.2) is 68.9 Å². The van der Waals surface area contributed by atoms with Crippen molar-refractivity contribution in [3.63, 3.8) is 0 Å². The van der Waals surface area contributed by atoms with Crippen LogP contribution in [0.5, 0.6) is 0 Å². The van der Waals surface area contributed by atoms with Gasteiger partial charge in [0.05, 0.1) is 22.9 Å². The van der Waals surface area contributed by atoms with Crippen LogP contribution in [0.4, 0.5) is 5.82 Å². The van der Waals surface area contributed by atoms with E-state index in [1.807, 2.05) is 23.9 Å². The van der Waals surface area contributed by atoms with Crippen molar-refractivity contribution in [3.8, 4) is 11.4 Å². The van der Waals surface area contributed by atoms with Crippen molar-refractivity contribution in [2.45, 2.75) is 64.1 Å². The van der Waals surface area contributed by atoms with Crippen LogP contribution >= 0.6 is 0 Å². The van der Waals surface area contributed by atoms with Gasteiger partial charge in [-0.25, -0.2) is 9.50 Å². The fraction of sp³-hybridized carbons (Fsp3) is 0.545. The molecule has 2 aliphatic heterocycles. The minimum Gasteiger partial charge on any atom is -0.381 e. The summed E-state index contributed by atoms with van der Waals surface area (Å²) in [6.07, 6.45) is 9.46. The van der Waals surface area contributed by atoms with Gasteiger partial charge in [0.2, 0.25) is 0 Å². The largest absolute Gasteiger partial charge is 0.381 e. The first-order valence-corrected chi connectivity index (χ1v) is 15.6. The smallest absolute Gasteiger partial charge is 0.255 e. The number of carbonyl (C=O) groups is 1. The predicted octanol–water partition coefficient (Wildman–Crippen LogP) is 5.17. The fourth-order valence-electron chi connectivity index (χ4n) is 8.46. The maximum absolute atomic E-state index is 13.6. The molecule has 8 nitrogen and oxygen atoms in total. The Hall–Kier alpha value is -3.39. The van der Waals surface area contributed by atoms with E-state index in [1.165, 1.54) is 25.7 Å². The van der Waals surface area contributed by atoms with Gasteiger partial charge in [0.25, 0.3) is 5.91 Å². The summed E-state index contributed by atoms with van der Waals surface area (Å²) in [6.45, 7) is 6.01. The van der Waals surface area contributed by atoms with E-state index < -0.39 is 0 Å². The molecular weight excluding hydrogens is 512 g/mol. The van der Waals surface area contributed by atoms with Gasteiger partial charge in [0, 0.05) is 56.5 Å². The minimum absolute atomic E-state index is 0.175. The lowest BCUT2D eigenvalue weighted by atomic mass is 9.53. The van der Waals surface area contributed by atoms with E-state index in [2.05, 4.69) is 45.6 Å². The molecular formula is C33H38N6O2. The Morgan fingerprint density at radius 1 is 1.05 bits per heavy atom. The lowest BCUT2D eigenvalue weighted by molar-refractivity contribution is -0.0204. The van der Waals surface area contributed by atoms with Gasteiger partial charge in [-0.05, 0) is 99.5 Å². The van der Waals surface area contributed by atoms with Gasteiger partial charge in [-0.3, -0.25) is 4.79 Å². The minimum atomic E-state index is 0.175. The summed E-state index contributed by atoms with van der Waals surface area (Å²) in [5.74, 6) is 4.34. The van der Waals surface area contributed by atoms with Crippen LogP contribution in [0.15, 0.2) is 36.5 Å². The molecule has 5 aliphatic rings. The Morgan fingerprint density at radius 2 is 1.90 bits per heavy atom. The van der Waals surface area contributed by atoms with Crippen molar-refractivity contribution in [1.82, 2.24) is 24.1 Å². The summed E-state index contributed by atoms with van der Waals surface area (Å²) in [6, 6.07) is 11.2. The molecule has 2 saturated heterocycles. The molecule has 0 aromatic carbocycles. The highest BCUT2D eigenvalue weighted by Crippen LogP contribution is 2.60. The van der Waals surface area contributed by atoms with Gasteiger partial charge < -0.3 is 19.1 Å². The first kappa shape index (κ1) is 24.2. The normalized spacial score (nSPS) is 27.4. The molecule has 0 radical (unpaired) electrons. The van der Waals surface area contributed by atoms with Crippen molar-refractivity contribution in [2.24, 2.45) is 23.7 Å². The monoisotopic (exact) mass is 550 g/mol. The number of nitrogens with zero attached hydrogens (tertiary/aromatic N) is 6. The number of anilines is 1. The third-order valence-electron chi connectivity index (χ3n) is 11.1. The van der Waals surface area contributed by atoms with Crippen LogP contribution in [0.2, 0.25) is 0 Å². The number of hydrogen-bond donors (Lipinski definition) is 0. The fourth-order valence-corrected chi connectivity index (χ4v) is 8.46. The highest BCUT2D eigenvalue weighted by Gasteiger charge is 2.61. The van der Waals surface area contributed by atoms with Gasteiger partial charge >= 0.3 is 0 Å². The number of aromatic nitrogens is 4. The van der Waals surface area contributed by atoms with E-state index in [9.17, 15) is 4.79 Å². The Labute approximate surface area is 240 Å². The zero-order valence-corrected chi connectivity index (χ0v) is 24.0. The van der Waals surface area contributed by atoms with E-state index >= 15 is 0 Å². The summed E-state index contributed by atoms with van der Waals surface area (Å²) < 4.78 is 9.93. The maximum Gasteiger partial charge on any atom is 0.255 e. The van der Waals surface area contributed by atoms with Crippen LogP contribution in [0, 0.1) is 30.6 Å². The number of fused-ring (bicyclic) bond motifs is 2. The number of methoxy groups -OCH3 is 1. The van der Waals surface area contributed by atoms with Crippen LogP contribution < -0.4 is 4.90 Å². The number of rotatable bonds is 6. The second-order valence-electron chi connectivity index (χ2n) is 13.4. The second kappa shape index (κ2) is 8.81. The SMILES string of the molecule is COC1CCN(c2ccc3cc(-c4nn5cc(C(=O)N6CC7CC8CC6[C@H]87)ccc5c4C)n(CC4CC4)c3n2)CC1. The topological polar surface area (TPSA) is 67.9 Å². The molecule has 1 amide bonds. The number of hydrogen-bond acceptors (Lipinski definition) is 5. The molecule has 0 spiro atoms. The molecule has 8 heteroatoms. The Kier molecular flexibility index (Phi) is 5.20. The average Bonchev–Trinajstić information content (AvgIpc) is 3.66. The molecule has 4 aromatic rings. The molecule has 0 bridgehead atoms. The highest BCUT2D eigenvalue weighted by molar-refractivity contribution is 5.95. The number of pyridine rings is 2. The van der Waals surface area contributed by atoms with Crippen LogP contribution in [0.1, 0.15) is 54.4 Å². The van der Waals surface area contributed by atoms with Crippen molar-refractivity contribution in [2.75, 3.05) is 31.6 Å².